The highest BCUT2D eigenvalue weighted by Crippen LogP contribution is 1.95. The molecule has 2 amide bonds. The third-order valence-electron chi connectivity index (χ3n) is 1.59. The number of amides is 2. The summed E-state index contributed by atoms with van der Waals surface area (Å²) in [7, 11) is 0. The Morgan fingerprint density at radius 3 is 2.27 bits per heavy atom. The lowest BCUT2D eigenvalue weighted by molar-refractivity contribution is 0.206. The quantitative estimate of drug-likeness (QED) is 0.648. The van der Waals surface area contributed by atoms with Crippen molar-refractivity contribution in [1.82, 2.24) is 4.90 Å². The zero-order valence-electron chi connectivity index (χ0n) is 7.47. The van der Waals surface area contributed by atoms with Crippen molar-refractivity contribution in [1.29, 1.82) is 0 Å². The second-order valence-corrected chi connectivity index (χ2v) is 2.68. The molecule has 0 saturated carbocycles. The van der Waals surface area contributed by atoms with Crippen LogP contribution < -0.4 is 5.73 Å². The Morgan fingerprint density at radius 2 is 1.91 bits per heavy atom. The Labute approximate surface area is 68.6 Å². The molecule has 0 saturated heterocycles. The summed E-state index contributed by atoms with van der Waals surface area (Å²) in [6.45, 7) is 5.74. The van der Waals surface area contributed by atoms with Crippen LogP contribution in [0.1, 0.15) is 33.1 Å². The molecule has 0 aromatic carbocycles. The van der Waals surface area contributed by atoms with Crippen molar-refractivity contribution < 1.29 is 4.79 Å². The molecule has 0 radical (unpaired) electrons. The van der Waals surface area contributed by atoms with Crippen molar-refractivity contribution in [3.8, 4) is 0 Å². The molecule has 0 aliphatic heterocycles. The zero-order chi connectivity index (χ0) is 8.69. The average molecular weight is 158 g/mol. The van der Waals surface area contributed by atoms with Crippen molar-refractivity contribution in [2.24, 2.45) is 5.73 Å². The first kappa shape index (κ1) is 10.3. The number of carbonyl (C=O) groups excluding carboxylic acids is 1. The lowest BCUT2D eigenvalue weighted by atomic mass is 10.3. The maximum absolute atomic E-state index is 10.7. The van der Waals surface area contributed by atoms with Crippen molar-refractivity contribution >= 4 is 6.03 Å². The van der Waals surface area contributed by atoms with Gasteiger partial charge in [-0.15, -0.1) is 0 Å². The first-order chi connectivity index (χ1) is 5.22. The molecule has 0 fully saturated rings. The minimum absolute atomic E-state index is 0.291. The highest BCUT2D eigenvalue weighted by molar-refractivity contribution is 5.71. The van der Waals surface area contributed by atoms with Gasteiger partial charge in [-0.25, -0.2) is 4.79 Å². The van der Waals surface area contributed by atoms with Crippen LogP contribution in [0.3, 0.4) is 0 Å². The van der Waals surface area contributed by atoms with Crippen LogP contribution in [0.25, 0.3) is 0 Å². The van der Waals surface area contributed by atoms with Crippen molar-refractivity contribution in [3.05, 3.63) is 0 Å². The van der Waals surface area contributed by atoms with Crippen molar-refractivity contribution in [3.63, 3.8) is 0 Å². The summed E-state index contributed by atoms with van der Waals surface area (Å²) in [5.41, 5.74) is 5.15. The van der Waals surface area contributed by atoms with Gasteiger partial charge in [-0.1, -0.05) is 20.3 Å². The average Bonchev–Trinajstić information content (AvgIpc) is 1.97. The Bertz CT molecular complexity index is 115. The van der Waals surface area contributed by atoms with Gasteiger partial charge in [-0.3, -0.25) is 0 Å². The van der Waals surface area contributed by atoms with Gasteiger partial charge in [-0.2, -0.15) is 0 Å². The van der Waals surface area contributed by atoms with Crippen LogP contribution in [0.4, 0.5) is 4.79 Å². The summed E-state index contributed by atoms with van der Waals surface area (Å²) in [5.74, 6) is 0. The van der Waals surface area contributed by atoms with Crippen LogP contribution in [0.5, 0.6) is 0 Å². The fourth-order valence-corrected chi connectivity index (χ4v) is 0.951. The summed E-state index contributed by atoms with van der Waals surface area (Å²) in [6.07, 6.45) is 3.13. The second kappa shape index (κ2) is 6.01. The number of urea groups is 1. The topological polar surface area (TPSA) is 46.3 Å². The van der Waals surface area contributed by atoms with Crippen LogP contribution >= 0.6 is 0 Å². The van der Waals surface area contributed by atoms with E-state index in [-0.39, 0.29) is 6.03 Å². The molecule has 0 bridgehead atoms. The van der Waals surface area contributed by atoms with Gasteiger partial charge in [0.25, 0.3) is 0 Å². The van der Waals surface area contributed by atoms with E-state index in [0.717, 1.165) is 32.4 Å². The largest absolute Gasteiger partial charge is 0.351 e. The van der Waals surface area contributed by atoms with E-state index >= 15 is 0 Å². The molecule has 0 heterocycles. The van der Waals surface area contributed by atoms with E-state index in [9.17, 15) is 4.79 Å². The van der Waals surface area contributed by atoms with Gasteiger partial charge in [0.2, 0.25) is 0 Å². The van der Waals surface area contributed by atoms with E-state index in [1.165, 1.54) is 0 Å². The van der Waals surface area contributed by atoms with E-state index in [4.69, 9.17) is 5.73 Å². The minimum Gasteiger partial charge on any atom is -0.351 e. The molecule has 0 aromatic rings. The van der Waals surface area contributed by atoms with Crippen LogP contribution in [0.15, 0.2) is 0 Å². The maximum Gasteiger partial charge on any atom is 0.314 e. The van der Waals surface area contributed by atoms with Crippen molar-refractivity contribution in [2.45, 2.75) is 33.1 Å². The molecule has 3 nitrogen and oxygen atoms in total. The Kier molecular flexibility index (Phi) is 5.61. The normalized spacial score (nSPS) is 9.64. The molecule has 0 unspecified atom stereocenters. The number of unbranched alkanes of at least 4 members (excludes halogenated alkanes) is 1. The summed E-state index contributed by atoms with van der Waals surface area (Å²) in [6, 6.07) is -0.291. The standard InChI is InChI=1S/C8H18N2O/c1-3-5-7-10(6-4-2)8(9)11/h3-7H2,1-2H3,(H2,9,11). The van der Waals surface area contributed by atoms with E-state index in [1.54, 1.807) is 4.90 Å². The molecule has 0 atom stereocenters. The fraction of sp³-hybridized carbons (Fsp3) is 0.875. The second-order valence-electron chi connectivity index (χ2n) is 2.68. The van der Waals surface area contributed by atoms with Gasteiger partial charge in [0, 0.05) is 13.1 Å². The van der Waals surface area contributed by atoms with E-state index in [1.807, 2.05) is 6.92 Å². The number of nitrogens with two attached hydrogens (primary N) is 1. The summed E-state index contributed by atoms with van der Waals surface area (Å²) in [4.78, 5) is 12.4. The first-order valence-corrected chi connectivity index (χ1v) is 4.26. The highest BCUT2D eigenvalue weighted by Gasteiger charge is 2.05. The molecule has 0 aromatic heterocycles. The van der Waals surface area contributed by atoms with Gasteiger partial charge >= 0.3 is 6.03 Å². The lowest BCUT2D eigenvalue weighted by Gasteiger charge is -2.18. The number of rotatable bonds is 5. The first-order valence-electron chi connectivity index (χ1n) is 4.26. The van der Waals surface area contributed by atoms with Gasteiger partial charge in [0.1, 0.15) is 0 Å². The SMILES string of the molecule is CCCCN(CCC)C(N)=O. The predicted octanol–water partition coefficient (Wildman–Crippen LogP) is 1.58. The van der Waals surface area contributed by atoms with Crippen LogP contribution in [0.2, 0.25) is 0 Å². The molecule has 3 heteroatoms. The number of hydrogen-bond donors (Lipinski definition) is 1. The van der Waals surface area contributed by atoms with Gasteiger partial charge in [-0.05, 0) is 12.8 Å². The minimum atomic E-state index is -0.291. The lowest BCUT2D eigenvalue weighted by Crippen LogP contribution is -2.36. The van der Waals surface area contributed by atoms with E-state index in [0.29, 0.717) is 0 Å². The highest BCUT2D eigenvalue weighted by atomic mass is 16.2. The van der Waals surface area contributed by atoms with Gasteiger partial charge in [0.05, 0.1) is 0 Å². The monoisotopic (exact) mass is 158 g/mol. The Hall–Kier alpha value is -0.730. The number of hydrogen-bond acceptors (Lipinski definition) is 1. The summed E-state index contributed by atoms with van der Waals surface area (Å²) in [5, 5.41) is 0. The van der Waals surface area contributed by atoms with Crippen LogP contribution in [0, 0.1) is 0 Å². The maximum atomic E-state index is 10.7. The Balaban J connectivity index is 3.60. The molecule has 0 aliphatic rings. The fourth-order valence-electron chi connectivity index (χ4n) is 0.951. The van der Waals surface area contributed by atoms with E-state index in [2.05, 4.69) is 6.92 Å². The van der Waals surface area contributed by atoms with Gasteiger partial charge < -0.3 is 10.6 Å². The number of nitrogens with zero attached hydrogens (tertiary/aromatic N) is 1. The number of carbonyl (C=O) groups is 1. The third kappa shape index (κ3) is 4.65. The van der Waals surface area contributed by atoms with Crippen LogP contribution in [-0.2, 0) is 0 Å². The molecular weight excluding hydrogens is 140 g/mol. The molecule has 0 rings (SSSR count). The summed E-state index contributed by atoms with van der Waals surface area (Å²) < 4.78 is 0. The molecular formula is C8H18N2O. The molecule has 0 aliphatic carbocycles. The van der Waals surface area contributed by atoms with Crippen LogP contribution in [-0.4, -0.2) is 24.0 Å². The molecule has 2 N–H and O–H groups in total. The third-order valence-corrected chi connectivity index (χ3v) is 1.59. The van der Waals surface area contributed by atoms with Crippen molar-refractivity contribution in [2.75, 3.05) is 13.1 Å². The molecule has 66 valence electrons. The van der Waals surface area contributed by atoms with Gasteiger partial charge in [0.15, 0.2) is 0 Å². The predicted molar refractivity (Wildman–Crippen MR) is 46.4 cm³/mol. The molecule has 11 heavy (non-hydrogen) atoms. The number of primary amides is 1. The Morgan fingerprint density at radius 1 is 1.27 bits per heavy atom. The van der Waals surface area contributed by atoms with E-state index < -0.39 is 0 Å². The zero-order valence-corrected chi connectivity index (χ0v) is 7.47. The molecule has 0 spiro atoms. The smallest absolute Gasteiger partial charge is 0.314 e. The summed E-state index contributed by atoms with van der Waals surface area (Å²) >= 11 is 0.